The number of carbonyl (C=O) groups is 2. The van der Waals surface area contributed by atoms with Crippen LogP contribution in [0.4, 0.5) is 0 Å². The van der Waals surface area contributed by atoms with E-state index in [4.69, 9.17) is 9.47 Å². The summed E-state index contributed by atoms with van der Waals surface area (Å²) in [6, 6.07) is 48.5. The molecule has 0 aliphatic rings. The minimum absolute atomic E-state index is 0.388. The van der Waals surface area contributed by atoms with Crippen molar-refractivity contribution in [3.63, 3.8) is 0 Å². The summed E-state index contributed by atoms with van der Waals surface area (Å²) in [6.45, 7) is 4.52. The van der Waals surface area contributed by atoms with Gasteiger partial charge in [0.05, 0.1) is 11.1 Å². The normalized spacial score (nSPS) is 11.5. The number of ether oxygens (including phenoxy) is 2. The Morgan fingerprint density at radius 2 is 0.694 bits per heavy atom. The summed E-state index contributed by atoms with van der Waals surface area (Å²) in [6.07, 6.45) is 16.6. The van der Waals surface area contributed by atoms with Crippen LogP contribution in [0.1, 0.15) is 123 Å². The maximum atomic E-state index is 13.9. The number of rotatable bonds is 19. The average molecular weight is 819 g/mol. The summed E-state index contributed by atoms with van der Waals surface area (Å²) >= 11 is 0. The van der Waals surface area contributed by atoms with Gasteiger partial charge < -0.3 is 9.47 Å². The third-order valence-electron chi connectivity index (χ3n) is 12.4. The number of esters is 2. The molecule has 4 heteroatoms. The number of benzene rings is 8. The molecule has 8 rings (SSSR count). The second-order valence-corrected chi connectivity index (χ2v) is 16.8. The van der Waals surface area contributed by atoms with Crippen LogP contribution in [0.5, 0.6) is 11.5 Å². The highest BCUT2D eigenvalue weighted by Crippen LogP contribution is 2.50. The fraction of sp³-hybridized carbons (Fsp3) is 0.276. The second kappa shape index (κ2) is 20.5. The third kappa shape index (κ3) is 9.45. The van der Waals surface area contributed by atoms with Gasteiger partial charge >= 0.3 is 11.9 Å². The van der Waals surface area contributed by atoms with Crippen molar-refractivity contribution >= 4 is 55.0 Å². The van der Waals surface area contributed by atoms with E-state index in [-0.39, 0.29) is 11.9 Å². The summed E-state index contributed by atoms with van der Waals surface area (Å²) in [7, 11) is 0. The number of carbonyl (C=O) groups excluding carboxylic acids is 2. The molecular weight excluding hydrogens is 761 g/mol. The molecule has 0 bridgehead atoms. The number of aryl methyl sites for hydroxylation is 2. The molecule has 0 aliphatic carbocycles. The van der Waals surface area contributed by atoms with Crippen LogP contribution in [0.25, 0.3) is 54.2 Å². The number of hydrogen-bond acceptors (Lipinski definition) is 4. The average Bonchev–Trinajstić information content (AvgIpc) is 3.32. The van der Waals surface area contributed by atoms with Gasteiger partial charge in [0.1, 0.15) is 11.5 Å². The quantitative estimate of drug-likeness (QED) is 0.0353. The Labute approximate surface area is 366 Å². The fourth-order valence-corrected chi connectivity index (χ4v) is 9.11. The van der Waals surface area contributed by atoms with Gasteiger partial charge in [0.15, 0.2) is 0 Å². The van der Waals surface area contributed by atoms with E-state index >= 15 is 0 Å². The lowest BCUT2D eigenvalue weighted by atomic mass is 9.84. The van der Waals surface area contributed by atoms with Crippen LogP contribution >= 0.6 is 0 Å². The van der Waals surface area contributed by atoms with Crippen molar-refractivity contribution in [1.82, 2.24) is 0 Å². The molecule has 0 saturated heterocycles. The monoisotopic (exact) mass is 818 g/mol. The largest absolute Gasteiger partial charge is 0.422 e. The van der Waals surface area contributed by atoms with Gasteiger partial charge in [-0.2, -0.15) is 0 Å². The Hall–Kier alpha value is -6.26. The van der Waals surface area contributed by atoms with Crippen molar-refractivity contribution in [3.05, 3.63) is 168 Å². The highest BCUT2D eigenvalue weighted by atomic mass is 16.5. The molecule has 0 spiro atoms. The summed E-state index contributed by atoms with van der Waals surface area (Å²) < 4.78 is 13.0. The van der Waals surface area contributed by atoms with Gasteiger partial charge in [-0.05, 0) is 93.7 Å². The molecule has 0 N–H and O–H groups in total. The predicted octanol–water partition coefficient (Wildman–Crippen LogP) is 16.2. The first kappa shape index (κ1) is 42.4. The molecule has 0 radical (unpaired) electrons. The SMILES string of the molecule is CCCCCCCCc1ccc2c(OC(=O)c3ccccc3)c3ccccc3c(-c3c4ccccc4c(OC(=O)c4ccccc4)c4ccc(CCCCCCCC)cc34)c2c1. The molecule has 8 aromatic carbocycles. The first-order valence-corrected chi connectivity index (χ1v) is 23.0. The van der Waals surface area contributed by atoms with Crippen molar-refractivity contribution in [2.24, 2.45) is 0 Å². The Balaban J connectivity index is 1.37. The first-order valence-electron chi connectivity index (χ1n) is 23.0. The number of hydrogen-bond donors (Lipinski definition) is 0. The van der Waals surface area contributed by atoms with Crippen LogP contribution in [0.2, 0.25) is 0 Å². The molecule has 0 saturated carbocycles. The molecule has 0 fully saturated rings. The maximum absolute atomic E-state index is 13.9. The lowest BCUT2D eigenvalue weighted by molar-refractivity contribution is 0.0730. The maximum Gasteiger partial charge on any atom is 0.343 e. The number of unbranched alkanes of at least 4 members (excludes halogenated alkanes) is 10. The molecule has 4 nitrogen and oxygen atoms in total. The van der Waals surface area contributed by atoms with Gasteiger partial charge in [0.2, 0.25) is 0 Å². The van der Waals surface area contributed by atoms with Crippen molar-refractivity contribution < 1.29 is 19.1 Å². The molecule has 0 aliphatic heterocycles. The van der Waals surface area contributed by atoms with Gasteiger partial charge in [-0.3, -0.25) is 0 Å². The zero-order valence-corrected chi connectivity index (χ0v) is 36.4. The van der Waals surface area contributed by atoms with E-state index in [0.29, 0.717) is 22.6 Å². The lowest BCUT2D eigenvalue weighted by Crippen LogP contribution is -2.10. The van der Waals surface area contributed by atoms with E-state index in [1.54, 1.807) is 24.3 Å². The standard InChI is InChI=1S/C58H58O4/c1-3-5-7-9-11-15-25-41-35-37-49-51(39-41)53(45-31-21-23-33-47(45)55(49)61-57(59)43-27-17-13-18-28-43)54-46-32-22-24-34-48(46)56(62-58(60)44-29-19-14-20-30-44)50-38-36-42(40-52(50)54)26-16-12-10-8-6-4-2/h13-14,17-24,27-40H,3-12,15-16,25-26H2,1-2H3. The predicted molar refractivity (Wildman–Crippen MR) is 259 cm³/mol. The highest BCUT2D eigenvalue weighted by molar-refractivity contribution is 6.27. The van der Waals surface area contributed by atoms with Crippen LogP contribution in [0, 0.1) is 0 Å². The highest BCUT2D eigenvalue weighted by Gasteiger charge is 2.25. The second-order valence-electron chi connectivity index (χ2n) is 16.8. The summed E-state index contributed by atoms with van der Waals surface area (Å²) in [4.78, 5) is 27.8. The molecule has 0 amide bonds. The van der Waals surface area contributed by atoms with Crippen LogP contribution in [-0.4, -0.2) is 11.9 Å². The minimum Gasteiger partial charge on any atom is -0.422 e. The Kier molecular flexibility index (Phi) is 14.1. The first-order chi connectivity index (χ1) is 30.6. The van der Waals surface area contributed by atoms with E-state index in [1.165, 1.54) is 75.3 Å². The number of fused-ring (bicyclic) bond motifs is 4. The summed E-state index contributed by atoms with van der Waals surface area (Å²) in [5, 5.41) is 7.55. The zero-order valence-electron chi connectivity index (χ0n) is 36.4. The molecule has 314 valence electrons. The van der Waals surface area contributed by atoms with Gasteiger partial charge in [-0.15, -0.1) is 0 Å². The van der Waals surface area contributed by atoms with Gasteiger partial charge in [0, 0.05) is 21.5 Å². The topological polar surface area (TPSA) is 52.6 Å². The lowest BCUT2D eigenvalue weighted by Gasteiger charge is -2.22. The molecule has 62 heavy (non-hydrogen) atoms. The molecule has 0 heterocycles. The van der Waals surface area contributed by atoms with Gasteiger partial charge in [0.25, 0.3) is 0 Å². The Bertz CT molecular complexity index is 2610. The Morgan fingerprint density at radius 3 is 1.10 bits per heavy atom. The van der Waals surface area contributed by atoms with Crippen molar-refractivity contribution in [3.8, 4) is 22.6 Å². The van der Waals surface area contributed by atoms with E-state index in [0.717, 1.165) is 79.9 Å². The van der Waals surface area contributed by atoms with Crippen LogP contribution in [0.15, 0.2) is 146 Å². The summed E-state index contributed by atoms with van der Waals surface area (Å²) in [5.41, 5.74) is 5.69. The molecule has 8 aromatic rings. The van der Waals surface area contributed by atoms with E-state index in [9.17, 15) is 9.59 Å². The van der Waals surface area contributed by atoms with Gasteiger partial charge in [-0.25, -0.2) is 9.59 Å². The zero-order chi connectivity index (χ0) is 42.7. The van der Waals surface area contributed by atoms with Crippen LogP contribution in [-0.2, 0) is 12.8 Å². The van der Waals surface area contributed by atoms with Crippen LogP contribution in [0.3, 0.4) is 0 Å². The minimum atomic E-state index is -0.388. The van der Waals surface area contributed by atoms with E-state index in [2.05, 4.69) is 86.6 Å². The van der Waals surface area contributed by atoms with Crippen LogP contribution < -0.4 is 9.47 Å². The smallest absolute Gasteiger partial charge is 0.343 e. The molecular formula is C58H58O4. The fourth-order valence-electron chi connectivity index (χ4n) is 9.11. The van der Waals surface area contributed by atoms with Crippen molar-refractivity contribution in [1.29, 1.82) is 0 Å². The third-order valence-corrected chi connectivity index (χ3v) is 12.4. The molecule has 0 atom stereocenters. The van der Waals surface area contributed by atoms with E-state index in [1.807, 2.05) is 48.5 Å². The van der Waals surface area contributed by atoms with E-state index < -0.39 is 0 Å². The van der Waals surface area contributed by atoms with Crippen molar-refractivity contribution in [2.45, 2.75) is 104 Å². The Morgan fingerprint density at radius 1 is 0.355 bits per heavy atom. The molecule has 0 unspecified atom stereocenters. The summed E-state index contributed by atoms with van der Waals surface area (Å²) in [5.74, 6) is 0.344. The van der Waals surface area contributed by atoms with Gasteiger partial charge in [-0.1, -0.05) is 199 Å². The van der Waals surface area contributed by atoms with Crippen molar-refractivity contribution in [2.75, 3.05) is 0 Å². The molecule has 0 aromatic heterocycles.